The van der Waals surface area contributed by atoms with Crippen LogP contribution < -0.4 is 5.32 Å². The average Bonchev–Trinajstić information content (AvgIpc) is 3.00. The molecule has 1 amide bonds. The number of aryl methyl sites for hydroxylation is 1. The van der Waals surface area contributed by atoms with E-state index in [1.165, 1.54) is 5.56 Å². The standard InChI is InChI=1S/C18H16N2O/c1-11-7-8-16-13(9-11)15(10-19-16)18(2)14-6-4-3-5-12(14)17(21)20-18/h3-10,19H,1-2H3,(H,20,21)/t18-/m1/s1. The molecule has 3 nitrogen and oxygen atoms in total. The molecular formula is C18H16N2O. The van der Waals surface area contributed by atoms with E-state index in [1.807, 2.05) is 30.5 Å². The van der Waals surface area contributed by atoms with E-state index in [9.17, 15) is 4.79 Å². The molecule has 1 aliphatic rings. The normalized spacial score (nSPS) is 20.6. The third kappa shape index (κ3) is 1.57. The van der Waals surface area contributed by atoms with Gasteiger partial charge in [0.15, 0.2) is 0 Å². The highest BCUT2D eigenvalue weighted by Crippen LogP contribution is 2.39. The summed E-state index contributed by atoms with van der Waals surface area (Å²) in [4.78, 5) is 15.6. The molecule has 1 aliphatic heterocycles. The van der Waals surface area contributed by atoms with E-state index in [4.69, 9.17) is 0 Å². The molecule has 0 aliphatic carbocycles. The van der Waals surface area contributed by atoms with E-state index in [-0.39, 0.29) is 5.91 Å². The summed E-state index contributed by atoms with van der Waals surface area (Å²) >= 11 is 0. The Balaban J connectivity index is 2.01. The highest BCUT2D eigenvalue weighted by atomic mass is 16.2. The number of rotatable bonds is 1. The van der Waals surface area contributed by atoms with Crippen LogP contribution in [0.2, 0.25) is 0 Å². The van der Waals surface area contributed by atoms with Crippen LogP contribution in [0.1, 0.15) is 34.0 Å². The molecular weight excluding hydrogens is 260 g/mol. The second kappa shape index (κ2) is 3.98. The van der Waals surface area contributed by atoms with Crippen LogP contribution in [0, 0.1) is 6.92 Å². The zero-order valence-corrected chi connectivity index (χ0v) is 12.0. The molecule has 0 saturated heterocycles. The van der Waals surface area contributed by atoms with Crippen LogP contribution in [0.25, 0.3) is 10.9 Å². The first kappa shape index (κ1) is 12.2. The van der Waals surface area contributed by atoms with Gasteiger partial charge < -0.3 is 10.3 Å². The molecule has 3 aromatic rings. The van der Waals surface area contributed by atoms with Crippen LogP contribution in [0.4, 0.5) is 0 Å². The smallest absolute Gasteiger partial charge is 0.252 e. The van der Waals surface area contributed by atoms with Crippen LogP contribution >= 0.6 is 0 Å². The highest BCUT2D eigenvalue weighted by Gasteiger charge is 2.41. The SMILES string of the molecule is Cc1ccc2[nH]cc([C@]3(C)NC(=O)c4ccccc43)c2c1. The van der Waals surface area contributed by atoms with Gasteiger partial charge in [0.05, 0.1) is 5.54 Å². The van der Waals surface area contributed by atoms with Crippen LogP contribution in [0.3, 0.4) is 0 Å². The van der Waals surface area contributed by atoms with Crippen molar-refractivity contribution < 1.29 is 4.79 Å². The molecule has 2 aromatic carbocycles. The van der Waals surface area contributed by atoms with E-state index in [2.05, 4.69) is 42.3 Å². The van der Waals surface area contributed by atoms with Gasteiger partial charge in [-0.2, -0.15) is 0 Å². The van der Waals surface area contributed by atoms with Crippen molar-refractivity contribution in [2.24, 2.45) is 0 Å². The molecule has 2 N–H and O–H groups in total. The number of hydrogen-bond donors (Lipinski definition) is 2. The van der Waals surface area contributed by atoms with Crippen molar-refractivity contribution in [1.29, 1.82) is 0 Å². The number of aromatic amines is 1. The summed E-state index contributed by atoms with van der Waals surface area (Å²) in [7, 11) is 0. The monoisotopic (exact) mass is 276 g/mol. The summed E-state index contributed by atoms with van der Waals surface area (Å²) < 4.78 is 0. The molecule has 0 bridgehead atoms. The number of hydrogen-bond acceptors (Lipinski definition) is 1. The van der Waals surface area contributed by atoms with Crippen molar-refractivity contribution in [2.45, 2.75) is 19.4 Å². The maximum Gasteiger partial charge on any atom is 0.252 e. The summed E-state index contributed by atoms with van der Waals surface area (Å²) in [5, 5.41) is 4.31. The van der Waals surface area contributed by atoms with Crippen molar-refractivity contribution >= 4 is 16.8 Å². The van der Waals surface area contributed by atoms with E-state index in [0.29, 0.717) is 0 Å². The van der Waals surface area contributed by atoms with Gasteiger partial charge in [-0.05, 0) is 37.6 Å². The number of amides is 1. The third-order valence-electron chi connectivity index (χ3n) is 4.45. The molecule has 21 heavy (non-hydrogen) atoms. The van der Waals surface area contributed by atoms with Crippen LogP contribution in [-0.4, -0.2) is 10.9 Å². The first-order valence-corrected chi connectivity index (χ1v) is 7.10. The molecule has 104 valence electrons. The van der Waals surface area contributed by atoms with Crippen molar-refractivity contribution in [3.63, 3.8) is 0 Å². The topological polar surface area (TPSA) is 44.9 Å². The van der Waals surface area contributed by atoms with E-state index in [1.54, 1.807) is 0 Å². The van der Waals surface area contributed by atoms with E-state index < -0.39 is 5.54 Å². The van der Waals surface area contributed by atoms with Gasteiger partial charge in [-0.1, -0.05) is 29.8 Å². The van der Waals surface area contributed by atoms with Gasteiger partial charge in [-0.25, -0.2) is 0 Å². The Labute approximate surface area is 123 Å². The van der Waals surface area contributed by atoms with Crippen LogP contribution in [0.5, 0.6) is 0 Å². The first-order valence-electron chi connectivity index (χ1n) is 7.10. The predicted octanol–water partition coefficient (Wildman–Crippen LogP) is 3.48. The van der Waals surface area contributed by atoms with Gasteiger partial charge in [-0.3, -0.25) is 4.79 Å². The van der Waals surface area contributed by atoms with Crippen LogP contribution in [0.15, 0.2) is 48.7 Å². The van der Waals surface area contributed by atoms with Crippen molar-refractivity contribution in [3.05, 3.63) is 70.9 Å². The largest absolute Gasteiger partial charge is 0.361 e. The molecule has 0 unspecified atom stereocenters. The number of carbonyl (C=O) groups is 1. The number of benzene rings is 2. The van der Waals surface area contributed by atoms with Crippen molar-refractivity contribution in [2.75, 3.05) is 0 Å². The Kier molecular flexibility index (Phi) is 2.31. The molecule has 0 fully saturated rings. The fourth-order valence-electron chi connectivity index (χ4n) is 3.34. The molecule has 0 radical (unpaired) electrons. The number of H-pyrrole nitrogens is 1. The summed E-state index contributed by atoms with van der Waals surface area (Å²) in [6.07, 6.45) is 2.01. The lowest BCUT2D eigenvalue weighted by atomic mass is 9.85. The summed E-state index contributed by atoms with van der Waals surface area (Å²) in [6.45, 7) is 4.15. The summed E-state index contributed by atoms with van der Waals surface area (Å²) in [5.41, 5.74) is 4.73. The summed E-state index contributed by atoms with van der Waals surface area (Å²) in [5.74, 6) is -0.00453. The van der Waals surface area contributed by atoms with Gasteiger partial charge >= 0.3 is 0 Å². The molecule has 0 spiro atoms. The second-order valence-electron chi connectivity index (χ2n) is 5.88. The van der Waals surface area contributed by atoms with Gasteiger partial charge in [0.25, 0.3) is 5.91 Å². The minimum absolute atomic E-state index is 0.00453. The maximum atomic E-state index is 12.3. The van der Waals surface area contributed by atoms with Crippen molar-refractivity contribution in [1.82, 2.24) is 10.3 Å². The maximum absolute atomic E-state index is 12.3. The summed E-state index contributed by atoms with van der Waals surface area (Å²) in [6, 6.07) is 14.1. The van der Waals surface area contributed by atoms with Gasteiger partial charge in [0.1, 0.15) is 0 Å². The Hall–Kier alpha value is -2.55. The van der Waals surface area contributed by atoms with Crippen LogP contribution in [-0.2, 0) is 5.54 Å². The fraction of sp³-hybridized carbons (Fsp3) is 0.167. The van der Waals surface area contributed by atoms with Gasteiger partial charge in [0, 0.05) is 28.2 Å². The van der Waals surface area contributed by atoms with E-state index in [0.717, 1.165) is 27.6 Å². The number of fused-ring (bicyclic) bond motifs is 2. The Morgan fingerprint density at radius 3 is 2.71 bits per heavy atom. The lowest BCUT2D eigenvalue weighted by Gasteiger charge is -2.25. The molecule has 1 aromatic heterocycles. The Morgan fingerprint density at radius 1 is 1.05 bits per heavy atom. The number of nitrogens with one attached hydrogen (secondary N) is 2. The number of aromatic nitrogens is 1. The van der Waals surface area contributed by atoms with Crippen molar-refractivity contribution in [3.8, 4) is 0 Å². The average molecular weight is 276 g/mol. The zero-order valence-electron chi connectivity index (χ0n) is 12.0. The fourth-order valence-corrected chi connectivity index (χ4v) is 3.34. The third-order valence-corrected chi connectivity index (χ3v) is 4.45. The Bertz CT molecular complexity index is 878. The molecule has 4 rings (SSSR count). The van der Waals surface area contributed by atoms with Gasteiger partial charge in [-0.15, -0.1) is 0 Å². The zero-order chi connectivity index (χ0) is 14.6. The Morgan fingerprint density at radius 2 is 1.86 bits per heavy atom. The predicted molar refractivity (Wildman–Crippen MR) is 83.4 cm³/mol. The molecule has 2 heterocycles. The minimum Gasteiger partial charge on any atom is -0.361 e. The minimum atomic E-state index is -0.486. The first-order chi connectivity index (χ1) is 10.1. The molecule has 3 heteroatoms. The molecule has 1 atom stereocenters. The lowest BCUT2D eigenvalue weighted by Crippen LogP contribution is -2.37. The molecule has 0 saturated carbocycles. The van der Waals surface area contributed by atoms with Gasteiger partial charge in [0.2, 0.25) is 0 Å². The highest BCUT2D eigenvalue weighted by molar-refractivity contribution is 6.01. The quantitative estimate of drug-likeness (QED) is 0.702. The second-order valence-corrected chi connectivity index (χ2v) is 5.88. The number of carbonyl (C=O) groups excluding carboxylic acids is 1. The van der Waals surface area contributed by atoms with E-state index >= 15 is 0 Å². The lowest BCUT2D eigenvalue weighted by molar-refractivity contribution is 0.0945.